The molecule has 1 rings (SSSR count). The molecular weight excluding hydrogens is 256 g/mol. The standard InChI is InChI=1S/C11H16N2O6/c1-6(10(16)17)12-8(14)9(15)13-5-3-2-4-7(13)11(18)19/h6-7H,2-5H2,1H3,(H,12,14)(H,16,17)(H,18,19)/t6-,7-/m0/s1. The summed E-state index contributed by atoms with van der Waals surface area (Å²) < 4.78 is 0. The van der Waals surface area contributed by atoms with Crippen molar-refractivity contribution in [2.24, 2.45) is 0 Å². The number of piperidine rings is 1. The second-order valence-corrected chi connectivity index (χ2v) is 4.38. The Labute approximate surface area is 109 Å². The molecule has 3 N–H and O–H groups in total. The molecule has 1 fully saturated rings. The summed E-state index contributed by atoms with van der Waals surface area (Å²) in [5.41, 5.74) is 0. The number of nitrogens with one attached hydrogen (secondary N) is 1. The van der Waals surface area contributed by atoms with Crippen LogP contribution in [0.4, 0.5) is 0 Å². The van der Waals surface area contributed by atoms with Crippen molar-refractivity contribution in [3.8, 4) is 0 Å². The second-order valence-electron chi connectivity index (χ2n) is 4.38. The monoisotopic (exact) mass is 272 g/mol. The smallest absolute Gasteiger partial charge is 0.326 e. The summed E-state index contributed by atoms with van der Waals surface area (Å²) in [4.78, 5) is 46.0. The number of carboxylic acids is 2. The van der Waals surface area contributed by atoms with Crippen LogP contribution in [0.25, 0.3) is 0 Å². The highest BCUT2D eigenvalue weighted by Gasteiger charge is 2.35. The van der Waals surface area contributed by atoms with E-state index in [2.05, 4.69) is 0 Å². The second kappa shape index (κ2) is 6.17. The minimum Gasteiger partial charge on any atom is -0.480 e. The number of amides is 2. The molecule has 0 saturated carbocycles. The molecule has 8 nitrogen and oxygen atoms in total. The first-order valence-electron chi connectivity index (χ1n) is 5.91. The van der Waals surface area contributed by atoms with Crippen molar-refractivity contribution in [3.05, 3.63) is 0 Å². The van der Waals surface area contributed by atoms with Crippen molar-refractivity contribution in [2.75, 3.05) is 6.54 Å². The molecule has 1 aliphatic heterocycles. The number of nitrogens with zero attached hydrogens (tertiary/aromatic N) is 1. The zero-order chi connectivity index (χ0) is 14.6. The summed E-state index contributed by atoms with van der Waals surface area (Å²) in [6.45, 7) is 1.41. The number of hydrogen-bond donors (Lipinski definition) is 3. The summed E-state index contributed by atoms with van der Waals surface area (Å²) >= 11 is 0. The van der Waals surface area contributed by atoms with Gasteiger partial charge in [-0.05, 0) is 26.2 Å². The van der Waals surface area contributed by atoms with Crippen molar-refractivity contribution in [3.63, 3.8) is 0 Å². The Morgan fingerprint density at radius 3 is 2.37 bits per heavy atom. The van der Waals surface area contributed by atoms with E-state index < -0.39 is 35.8 Å². The molecule has 2 atom stereocenters. The van der Waals surface area contributed by atoms with E-state index in [0.29, 0.717) is 19.3 Å². The van der Waals surface area contributed by atoms with Gasteiger partial charge in [-0.15, -0.1) is 0 Å². The fourth-order valence-electron chi connectivity index (χ4n) is 1.88. The molecule has 0 aromatic carbocycles. The predicted molar refractivity (Wildman–Crippen MR) is 62.2 cm³/mol. The fourth-order valence-corrected chi connectivity index (χ4v) is 1.88. The third kappa shape index (κ3) is 3.67. The maximum absolute atomic E-state index is 11.8. The number of carbonyl (C=O) groups is 4. The number of rotatable bonds is 3. The van der Waals surface area contributed by atoms with Gasteiger partial charge in [0.25, 0.3) is 0 Å². The van der Waals surface area contributed by atoms with Crippen LogP contribution in [-0.4, -0.2) is 57.5 Å². The van der Waals surface area contributed by atoms with Gasteiger partial charge in [-0.2, -0.15) is 0 Å². The average molecular weight is 272 g/mol. The highest BCUT2D eigenvalue weighted by Crippen LogP contribution is 2.17. The third-order valence-electron chi connectivity index (χ3n) is 2.96. The normalized spacial score (nSPS) is 20.5. The van der Waals surface area contributed by atoms with Crippen LogP contribution in [0.2, 0.25) is 0 Å². The van der Waals surface area contributed by atoms with Gasteiger partial charge < -0.3 is 20.4 Å². The molecule has 1 aliphatic rings. The lowest BCUT2D eigenvalue weighted by Gasteiger charge is -2.32. The van der Waals surface area contributed by atoms with Crippen molar-refractivity contribution in [2.45, 2.75) is 38.3 Å². The summed E-state index contributed by atoms with van der Waals surface area (Å²) in [5.74, 6) is -4.52. The van der Waals surface area contributed by atoms with Crippen molar-refractivity contribution in [1.29, 1.82) is 0 Å². The number of likely N-dealkylation sites (tertiary alicyclic amines) is 1. The topological polar surface area (TPSA) is 124 Å². The maximum atomic E-state index is 11.8. The van der Waals surface area contributed by atoms with E-state index in [0.717, 1.165) is 4.90 Å². The zero-order valence-corrected chi connectivity index (χ0v) is 10.5. The minimum absolute atomic E-state index is 0.185. The molecule has 0 unspecified atom stereocenters. The SMILES string of the molecule is C[C@H](NC(=O)C(=O)N1CCCC[C@H]1C(=O)O)C(=O)O. The van der Waals surface area contributed by atoms with E-state index in [9.17, 15) is 19.2 Å². The van der Waals surface area contributed by atoms with Crippen LogP contribution >= 0.6 is 0 Å². The van der Waals surface area contributed by atoms with Crippen LogP contribution in [0.1, 0.15) is 26.2 Å². The van der Waals surface area contributed by atoms with Crippen LogP contribution in [0.5, 0.6) is 0 Å². The fraction of sp³-hybridized carbons (Fsp3) is 0.636. The van der Waals surface area contributed by atoms with E-state index in [1.54, 1.807) is 0 Å². The summed E-state index contributed by atoms with van der Waals surface area (Å²) in [6.07, 6.45) is 1.59. The first-order chi connectivity index (χ1) is 8.84. The van der Waals surface area contributed by atoms with Crippen LogP contribution in [0.15, 0.2) is 0 Å². The Hall–Kier alpha value is -2.12. The lowest BCUT2D eigenvalue weighted by molar-refractivity contribution is -0.157. The van der Waals surface area contributed by atoms with Gasteiger partial charge in [-0.3, -0.25) is 14.4 Å². The number of carbonyl (C=O) groups excluding carboxylic acids is 2. The van der Waals surface area contributed by atoms with Gasteiger partial charge in [-0.25, -0.2) is 4.79 Å². The Bertz CT molecular complexity index is 408. The first kappa shape index (κ1) is 14.9. The molecule has 1 heterocycles. The molecule has 1 saturated heterocycles. The van der Waals surface area contributed by atoms with E-state index in [-0.39, 0.29) is 6.54 Å². The van der Waals surface area contributed by atoms with Gasteiger partial charge >= 0.3 is 23.8 Å². The molecule has 0 aromatic heterocycles. The number of carboxylic acid groups (broad SMARTS) is 2. The van der Waals surface area contributed by atoms with E-state index >= 15 is 0 Å². The average Bonchev–Trinajstić information content (AvgIpc) is 2.37. The van der Waals surface area contributed by atoms with Crippen molar-refractivity contribution in [1.82, 2.24) is 10.2 Å². The molecule has 0 aromatic rings. The minimum atomic E-state index is -1.27. The van der Waals surface area contributed by atoms with Gasteiger partial charge in [0.1, 0.15) is 12.1 Å². The molecule has 19 heavy (non-hydrogen) atoms. The lowest BCUT2D eigenvalue weighted by Crippen LogP contribution is -2.54. The van der Waals surface area contributed by atoms with Gasteiger partial charge in [0, 0.05) is 6.54 Å². The van der Waals surface area contributed by atoms with Crippen molar-refractivity contribution >= 4 is 23.8 Å². The number of aliphatic carboxylic acids is 2. The summed E-state index contributed by atoms with van der Waals surface area (Å²) in [6, 6.07) is -2.23. The summed E-state index contributed by atoms with van der Waals surface area (Å²) in [7, 11) is 0. The van der Waals surface area contributed by atoms with Crippen molar-refractivity contribution < 1.29 is 29.4 Å². The van der Waals surface area contributed by atoms with E-state index in [1.807, 2.05) is 5.32 Å². The zero-order valence-electron chi connectivity index (χ0n) is 10.5. The van der Waals surface area contributed by atoms with Gasteiger partial charge in [0.15, 0.2) is 0 Å². The quantitative estimate of drug-likeness (QED) is 0.568. The van der Waals surface area contributed by atoms with Crippen LogP contribution in [0, 0.1) is 0 Å². The molecule has 0 bridgehead atoms. The van der Waals surface area contributed by atoms with E-state index in [1.165, 1.54) is 6.92 Å². The van der Waals surface area contributed by atoms with E-state index in [4.69, 9.17) is 10.2 Å². The van der Waals surface area contributed by atoms with Crippen LogP contribution < -0.4 is 5.32 Å². The molecular formula is C11H16N2O6. The van der Waals surface area contributed by atoms with Gasteiger partial charge in [-0.1, -0.05) is 0 Å². The Morgan fingerprint density at radius 2 is 1.84 bits per heavy atom. The predicted octanol–water partition coefficient (Wildman–Crippen LogP) is -0.959. The first-order valence-corrected chi connectivity index (χ1v) is 5.91. The molecule has 0 spiro atoms. The number of hydrogen-bond acceptors (Lipinski definition) is 4. The Balaban J connectivity index is 2.71. The lowest BCUT2D eigenvalue weighted by atomic mass is 10.0. The highest BCUT2D eigenvalue weighted by molar-refractivity contribution is 6.35. The maximum Gasteiger partial charge on any atom is 0.326 e. The van der Waals surface area contributed by atoms with Crippen LogP contribution in [0.3, 0.4) is 0 Å². The van der Waals surface area contributed by atoms with Crippen LogP contribution in [-0.2, 0) is 19.2 Å². The van der Waals surface area contributed by atoms with Gasteiger partial charge in [0.05, 0.1) is 0 Å². The molecule has 2 amide bonds. The highest BCUT2D eigenvalue weighted by atomic mass is 16.4. The molecule has 0 radical (unpaired) electrons. The largest absolute Gasteiger partial charge is 0.480 e. The molecule has 0 aliphatic carbocycles. The summed E-state index contributed by atoms with van der Waals surface area (Å²) in [5, 5.41) is 19.6. The van der Waals surface area contributed by atoms with Gasteiger partial charge in [0.2, 0.25) is 0 Å². The molecule has 8 heteroatoms. The molecule has 106 valence electrons. The third-order valence-corrected chi connectivity index (χ3v) is 2.96. The Morgan fingerprint density at radius 1 is 1.21 bits per heavy atom. The Kier molecular flexibility index (Phi) is 4.85.